The molecule has 0 unspecified atom stereocenters. The summed E-state index contributed by atoms with van der Waals surface area (Å²) in [7, 11) is 1.38. The first-order chi connectivity index (χ1) is 9.10. The van der Waals surface area contributed by atoms with Crippen molar-refractivity contribution in [3.63, 3.8) is 0 Å². The maximum Gasteiger partial charge on any atom is 0.273 e. The van der Waals surface area contributed by atoms with E-state index in [1.165, 1.54) is 37.7 Å². The Balaban J connectivity index is 2.32. The van der Waals surface area contributed by atoms with Crippen LogP contribution in [0.3, 0.4) is 0 Å². The van der Waals surface area contributed by atoms with Gasteiger partial charge in [-0.1, -0.05) is 11.6 Å². The van der Waals surface area contributed by atoms with Crippen molar-refractivity contribution in [2.75, 3.05) is 7.11 Å². The van der Waals surface area contributed by atoms with Gasteiger partial charge in [-0.15, -0.1) is 0 Å². The van der Waals surface area contributed by atoms with Gasteiger partial charge in [0.05, 0.1) is 30.5 Å². The average molecular weight is 282 g/mol. The molecule has 0 saturated carbocycles. The van der Waals surface area contributed by atoms with E-state index >= 15 is 0 Å². The number of aromatic nitrogens is 2. The summed E-state index contributed by atoms with van der Waals surface area (Å²) in [5.41, 5.74) is -0.0959. The van der Waals surface area contributed by atoms with E-state index < -0.39 is 4.92 Å². The van der Waals surface area contributed by atoms with E-state index in [1.54, 1.807) is 0 Å². The molecule has 8 heteroatoms. The molecule has 0 N–H and O–H groups in total. The van der Waals surface area contributed by atoms with Gasteiger partial charge >= 0.3 is 0 Å². The van der Waals surface area contributed by atoms with Crippen LogP contribution in [0.15, 0.2) is 30.6 Å². The third kappa shape index (κ3) is 3.08. The van der Waals surface area contributed by atoms with Crippen LogP contribution in [0.4, 0.5) is 5.69 Å². The molecule has 0 saturated heterocycles. The van der Waals surface area contributed by atoms with Gasteiger partial charge in [0.2, 0.25) is 5.88 Å². The van der Waals surface area contributed by atoms with Crippen LogP contribution >= 0.6 is 11.6 Å². The lowest BCUT2D eigenvalue weighted by Gasteiger charge is -2.08. The molecule has 7 nitrogen and oxygen atoms in total. The number of benzene rings is 1. The van der Waals surface area contributed by atoms with Crippen molar-refractivity contribution in [1.82, 2.24) is 9.97 Å². The summed E-state index contributed by atoms with van der Waals surface area (Å²) in [6, 6.07) is 3.97. The second-order valence-electron chi connectivity index (χ2n) is 3.37. The van der Waals surface area contributed by atoms with Gasteiger partial charge in [-0.05, 0) is 6.07 Å². The molecule has 2 aromatic rings. The second kappa shape index (κ2) is 5.49. The molecule has 0 amide bonds. The van der Waals surface area contributed by atoms with E-state index in [-0.39, 0.29) is 28.2 Å². The molecule has 0 aliphatic heterocycles. The van der Waals surface area contributed by atoms with Gasteiger partial charge in [0.25, 0.3) is 5.69 Å². The second-order valence-corrected chi connectivity index (χ2v) is 3.76. The molecule has 2 rings (SSSR count). The van der Waals surface area contributed by atoms with Gasteiger partial charge in [0.1, 0.15) is 0 Å². The van der Waals surface area contributed by atoms with Crippen LogP contribution in [-0.2, 0) is 0 Å². The van der Waals surface area contributed by atoms with E-state index in [4.69, 9.17) is 21.1 Å². The van der Waals surface area contributed by atoms with E-state index in [1.807, 2.05) is 0 Å². The number of methoxy groups -OCH3 is 1. The number of hydrogen-bond acceptors (Lipinski definition) is 6. The Hall–Kier alpha value is -2.41. The molecular weight excluding hydrogens is 274 g/mol. The number of nitro benzene ring substituents is 1. The summed E-state index contributed by atoms with van der Waals surface area (Å²) in [4.78, 5) is 17.8. The molecule has 98 valence electrons. The number of nitro groups is 1. The third-order valence-electron chi connectivity index (χ3n) is 2.16. The van der Waals surface area contributed by atoms with Gasteiger partial charge in [-0.25, -0.2) is 0 Å². The van der Waals surface area contributed by atoms with Crippen LogP contribution in [0, 0.1) is 10.1 Å². The van der Waals surface area contributed by atoms with Crippen molar-refractivity contribution in [3.05, 3.63) is 45.9 Å². The zero-order chi connectivity index (χ0) is 13.8. The molecule has 1 aromatic heterocycles. The highest BCUT2D eigenvalue weighted by Crippen LogP contribution is 2.33. The topological polar surface area (TPSA) is 87.4 Å². The van der Waals surface area contributed by atoms with Crippen LogP contribution in [0.1, 0.15) is 0 Å². The fraction of sp³-hybridized carbons (Fsp3) is 0.0909. The predicted molar refractivity (Wildman–Crippen MR) is 66.8 cm³/mol. The van der Waals surface area contributed by atoms with Crippen molar-refractivity contribution >= 4 is 17.3 Å². The SMILES string of the molecule is COc1cc([N+](=O)[O-])ccc1Oc1cncc(Cl)n1. The molecule has 1 heterocycles. The van der Waals surface area contributed by atoms with Crippen LogP contribution in [-0.4, -0.2) is 22.0 Å². The number of non-ortho nitro benzene ring substituents is 1. The van der Waals surface area contributed by atoms with Crippen molar-refractivity contribution in [2.45, 2.75) is 0 Å². The third-order valence-corrected chi connectivity index (χ3v) is 2.34. The highest BCUT2D eigenvalue weighted by Gasteiger charge is 2.13. The molecule has 0 fully saturated rings. The Morgan fingerprint density at radius 3 is 2.74 bits per heavy atom. The van der Waals surface area contributed by atoms with Gasteiger partial charge in [0.15, 0.2) is 16.7 Å². The lowest BCUT2D eigenvalue weighted by Crippen LogP contribution is -1.95. The number of nitrogens with zero attached hydrogens (tertiary/aromatic N) is 3. The lowest BCUT2D eigenvalue weighted by molar-refractivity contribution is -0.384. The van der Waals surface area contributed by atoms with Crippen LogP contribution in [0.2, 0.25) is 5.15 Å². The van der Waals surface area contributed by atoms with E-state index in [9.17, 15) is 10.1 Å². The summed E-state index contributed by atoms with van der Waals surface area (Å²) in [5.74, 6) is 0.667. The fourth-order valence-corrected chi connectivity index (χ4v) is 1.48. The first kappa shape index (κ1) is 13.0. The normalized spacial score (nSPS) is 10.0. The van der Waals surface area contributed by atoms with Gasteiger partial charge < -0.3 is 9.47 Å². The van der Waals surface area contributed by atoms with Crippen molar-refractivity contribution in [1.29, 1.82) is 0 Å². The summed E-state index contributed by atoms with van der Waals surface area (Å²) in [6.07, 6.45) is 2.73. The zero-order valence-electron chi connectivity index (χ0n) is 9.74. The number of halogens is 1. The maximum absolute atomic E-state index is 10.7. The zero-order valence-corrected chi connectivity index (χ0v) is 10.5. The Bertz CT molecular complexity index is 621. The lowest BCUT2D eigenvalue weighted by atomic mass is 10.3. The smallest absolute Gasteiger partial charge is 0.273 e. The van der Waals surface area contributed by atoms with Crippen LogP contribution in [0.25, 0.3) is 0 Å². The van der Waals surface area contributed by atoms with Gasteiger partial charge in [0, 0.05) is 6.07 Å². The summed E-state index contributed by atoms with van der Waals surface area (Å²) >= 11 is 5.68. The van der Waals surface area contributed by atoms with Gasteiger partial charge in [-0.3, -0.25) is 15.1 Å². The molecule has 0 bridgehead atoms. The highest BCUT2D eigenvalue weighted by atomic mass is 35.5. The fourth-order valence-electron chi connectivity index (χ4n) is 1.34. The highest BCUT2D eigenvalue weighted by molar-refractivity contribution is 6.29. The molecule has 0 aliphatic rings. The van der Waals surface area contributed by atoms with Crippen molar-refractivity contribution < 1.29 is 14.4 Å². The largest absolute Gasteiger partial charge is 0.493 e. The Morgan fingerprint density at radius 2 is 2.11 bits per heavy atom. The maximum atomic E-state index is 10.7. The minimum atomic E-state index is -0.522. The molecule has 0 atom stereocenters. The van der Waals surface area contributed by atoms with E-state index in [0.29, 0.717) is 0 Å². The first-order valence-corrected chi connectivity index (χ1v) is 5.46. The molecule has 0 spiro atoms. The summed E-state index contributed by atoms with van der Waals surface area (Å²) in [6.45, 7) is 0. The Morgan fingerprint density at radius 1 is 1.32 bits per heavy atom. The molecule has 19 heavy (non-hydrogen) atoms. The number of ether oxygens (including phenoxy) is 2. The summed E-state index contributed by atoms with van der Waals surface area (Å²) in [5, 5.41) is 10.8. The van der Waals surface area contributed by atoms with E-state index in [0.717, 1.165) is 0 Å². The minimum Gasteiger partial charge on any atom is -0.493 e. The molecule has 0 aliphatic carbocycles. The molecule has 1 aromatic carbocycles. The van der Waals surface area contributed by atoms with Crippen molar-refractivity contribution in [3.8, 4) is 17.4 Å². The average Bonchev–Trinajstić information content (AvgIpc) is 2.39. The summed E-state index contributed by atoms with van der Waals surface area (Å²) < 4.78 is 10.4. The van der Waals surface area contributed by atoms with Crippen LogP contribution in [0.5, 0.6) is 17.4 Å². The predicted octanol–water partition coefficient (Wildman–Crippen LogP) is 2.84. The Kier molecular flexibility index (Phi) is 3.76. The quantitative estimate of drug-likeness (QED) is 0.632. The van der Waals surface area contributed by atoms with Crippen LogP contribution < -0.4 is 9.47 Å². The number of hydrogen-bond donors (Lipinski definition) is 0. The van der Waals surface area contributed by atoms with Gasteiger partial charge in [-0.2, -0.15) is 4.98 Å². The Labute approximate surface area is 112 Å². The molecular formula is C11H8ClN3O4. The first-order valence-electron chi connectivity index (χ1n) is 5.08. The van der Waals surface area contributed by atoms with Crippen molar-refractivity contribution in [2.24, 2.45) is 0 Å². The molecule has 0 radical (unpaired) electrons. The monoisotopic (exact) mass is 281 g/mol. The van der Waals surface area contributed by atoms with E-state index in [2.05, 4.69) is 9.97 Å². The number of rotatable bonds is 4. The standard InChI is InChI=1S/C11H8ClN3O4/c1-18-9-4-7(15(16)17)2-3-8(9)19-11-6-13-5-10(12)14-11/h2-6H,1H3. The minimum absolute atomic E-state index is 0.0959.